The van der Waals surface area contributed by atoms with Crippen molar-refractivity contribution < 1.29 is 22.7 Å². The van der Waals surface area contributed by atoms with Crippen molar-refractivity contribution in [3.8, 4) is 23.1 Å². The van der Waals surface area contributed by atoms with Gasteiger partial charge in [0.05, 0.1) is 11.3 Å². The van der Waals surface area contributed by atoms with Crippen molar-refractivity contribution in [2.24, 2.45) is 0 Å². The number of carbonyl (C=O) groups is 1. The zero-order valence-corrected chi connectivity index (χ0v) is 14.2. The number of H-pyrrole nitrogens is 1. The van der Waals surface area contributed by atoms with Crippen LogP contribution in [0.25, 0.3) is 11.3 Å². The van der Waals surface area contributed by atoms with Gasteiger partial charge < -0.3 is 10.1 Å². The first-order chi connectivity index (χ1) is 13.4. The quantitative estimate of drug-likeness (QED) is 0.689. The van der Waals surface area contributed by atoms with Gasteiger partial charge in [0.1, 0.15) is 17.5 Å². The van der Waals surface area contributed by atoms with Gasteiger partial charge in [-0.2, -0.15) is 23.5 Å². The Morgan fingerprint density at radius 1 is 1.18 bits per heavy atom. The lowest BCUT2D eigenvalue weighted by atomic mass is 10.1. The van der Waals surface area contributed by atoms with Crippen molar-refractivity contribution in [1.29, 1.82) is 5.26 Å². The molecule has 6 nitrogen and oxygen atoms in total. The van der Waals surface area contributed by atoms with E-state index in [0.29, 0.717) is 5.69 Å². The van der Waals surface area contributed by atoms with Gasteiger partial charge in [0.2, 0.25) is 0 Å². The third-order valence-corrected chi connectivity index (χ3v) is 3.64. The Kier molecular flexibility index (Phi) is 5.31. The van der Waals surface area contributed by atoms with E-state index in [4.69, 9.17) is 5.26 Å². The SMILES string of the molecule is N#Cc1cc(NC(=O)c2cc(-c3ccccc3)n[nH]2)ccc1OCC(F)(F)F. The Morgan fingerprint density at radius 3 is 2.61 bits per heavy atom. The second-order valence-corrected chi connectivity index (χ2v) is 5.71. The number of ether oxygens (including phenoxy) is 1. The third kappa shape index (κ3) is 4.67. The summed E-state index contributed by atoms with van der Waals surface area (Å²) >= 11 is 0. The Balaban J connectivity index is 1.72. The van der Waals surface area contributed by atoms with E-state index in [-0.39, 0.29) is 22.7 Å². The number of rotatable bonds is 5. The number of hydrogen-bond donors (Lipinski definition) is 2. The highest BCUT2D eigenvalue weighted by atomic mass is 19.4. The van der Waals surface area contributed by atoms with Crippen molar-refractivity contribution in [3.63, 3.8) is 0 Å². The summed E-state index contributed by atoms with van der Waals surface area (Å²) in [4.78, 5) is 12.4. The average Bonchev–Trinajstić information content (AvgIpc) is 3.17. The van der Waals surface area contributed by atoms with Crippen LogP contribution >= 0.6 is 0 Å². The average molecular weight is 386 g/mol. The highest BCUT2D eigenvalue weighted by Gasteiger charge is 2.29. The summed E-state index contributed by atoms with van der Waals surface area (Å²) in [6.07, 6.45) is -4.52. The maximum absolute atomic E-state index is 12.4. The lowest BCUT2D eigenvalue weighted by Gasteiger charge is -2.11. The minimum atomic E-state index is -4.52. The maximum Gasteiger partial charge on any atom is 0.422 e. The molecule has 0 bridgehead atoms. The summed E-state index contributed by atoms with van der Waals surface area (Å²) in [6, 6.07) is 16.3. The third-order valence-electron chi connectivity index (χ3n) is 3.64. The molecule has 0 aliphatic carbocycles. The summed E-state index contributed by atoms with van der Waals surface area (Å²) in [6.45, 7) is -1.51. The number of nitriles is 1. The molecule has 9 heteroatoms. The largest absolute Gasteiger partial charge is 0.483 e. The molecule has 0 radical (unpaired) electrons. The molecule has 3 rings (SSSR count). The van der Waals surface area contributed by atoms with Gasteiger partial charge in [-0.3, -0.25) is 9.89 Å². The summed E-state index contributed by atoms with van der Waals surface area (Å²) in [5, 5.41) is 18.4. The standard InChI is InChI=1S/C19H13F3N4O2/c20-19(21,22)11-28-17-7-6-14(8-13(17)10-23)24-18(27)16-9-15(25-26-16)12-4-2-1-3-5-12/h1-9H,11H2,(H,24,27)(H,25,26). The number of anilines is 1. The van der Waals surface area contributed by atoms with Crippen LogP contribution in [0.15, 0.2) is 54.6 Å². The van der Waals surface area contributed by atoms with Crippen LogP contribution in [-0.2, 0) is 0 Å². The second-order valence-electron chi connectivity index (χ2n) is 5.71. The molecule has 142 valence electrons. The highest BCUT2D eigenvalue weighted by Crippen LogP contribution is 2.25. The molecule has 2 N–H and O–H groups in total. The molecule has 1 heterocycles. The van der Waals surface area contributed by atoms with E-state index in [1.807, 2.05) is 30.3 Å². The van der Waals surface area contributed by atoms with Crippen LogP contribution in [0, 0.1) is 11.3 Å². The van der Waals surface area contributed by atoms with Gasteiger partial charge in [-0.05, 0) is 24.3 Å². The minimum Gasteiger partial charge on any atom is -0.483 e. The van der Waals surface area contributed by atoms with Crippen LogP contribution in [-0.4, -0.2) is 28.9 Å². The molecule has 2 aromatic carbocycles. The molecule has 0 fully saturated rings. The van der Waals surface area contributed by atoms with Gasteiger partial charge in [0.15, 0.2) is 6.61 Å². The molecule has 3 aromatic rings. The number of carbonyl (C=O) groups excluding carboxylic acids is 1. The Bertz CT molecular complexity index is 1020. The van der Waals surface area contributed by atoms with Crippen molar-refractivity contribution in [3.05, 3.63) is 65.9 Å². The summed E-state index contributed by atoms with van der Waals surface area (Å²) in [5.41, 5.74) is 1.71. The number of halogens is 3. The first-order valence-corrected chi connectivity index (χ1v) is 8.01. The molecule has 0 aliphatic heterocycles. The van der Waals surface area contributed by atoms with Crippen LogP contribution < -0.4 is 10.1 Å². The van der Waals surface area contributed by atoms with E-state index >= 15 is 0 Å². The van der Waals surface area contributed by atoms with Crippen LogP contribution in [0.3, 0.4) is 0 Å². The van der Waals surface area contributed by atoms with Gasteiger partial charge in [0, 0.05) is 11.3 Å². The van der Waals surface area contributed by atoms with E-state index < -0.39 is 18.7 Å². The lowest BCUT2D eigenvalue weighted by Crippen LogP contribution is -2.19. The maximum atomic E-state index is 12.4. The van der Waals surface area contributed by atoms with Crippen LogP contribution in [0.1, 0.15) is 16.1 Å². The number of benzene rings is 2. The van der Waals surface area contributed by atoms with Crippen molar-refractivity contribution in [1.82, 2.24) is 10.2 Å². The molecule has 0 unspecified atom stereocenters. The van der Waals surface area contributed by atoms with E-state index in [1.54, 1.807) is 12.1 Å². The van der Waals surface area contributed by atoms with Crippen LogP contribution in [0.2, 0.25) is 0 Å². The van der Waals surface area contributed by atoms with Gasteiger partial charge >= 0.3 is 6.18 Å². The van der Waals surface area contributed by atoms with Gasteiger partial charge in [-0.25, -0.2) is 0 Å². The second kappa shape index (κ2) is 7.84. The lowest BCUT2D eigenvalue weighted by molar-refractivity contribution is -0.153. The molecule has 0 saturated carbocycles. The van der Waals surface area contributed by atoms with Crippen molar-refractivity contribution in [2.75, 3.05) is 11.9 Å². The number of hydrogen-bond acceptors (Lipinski definition) is 4. The monoisotopic (exact) mass is 386 g/mol. The predicted molar refractivity (Wildman–Crippen MR) is 94.7 cm³/mol. The molecule has 1 aromatic heterocycles. The van der Waals surface area contributed by atoms with Gasteiger partial charge in [-0.1, -0.05) is 30.3 Å². The fraction of sp³-hybridized carbons (Fsp3) is 0.105. The molecule has 0 aliphatic rings. The summed E-state index contributed by atoms with van der Waals surface area (Å²) < 4.78 is 41.4. The first-order valence-electron chi connectivity index (χ1n) is 8.01. The first kappa shape index (κ1) is 19.0. The zero-order chi connectivity index (χ0) is 20.1. The number of amides is 1. The van der Waals surface area contributed by atoms with Gasteiger partial charge in [-0.15, -0.1) is 0 Å². The van der Waals surface area contributed by atoms with Crippen LogP contribution in [0.5, 0.6) is 5.75 Å². The molecule has 1 amide bonds. The number of nitrogens with zero attached hydrogens (tertiary/aromatic N) is 2. The topological polar surface area (TPSA) is 90.8 Å². The smallest absolute Gasteiger partial charge is 0.422 e. The number of aromatic amines is 1. The van der Waals surface area contributed by atoms with Crippen molar-refractivity contribution >= 4 is 11.6 Å². The fourth-order valence-corrected chi connectivity index (χ4v) is 2.37. The number of nitrogens with one attached hydrogen (secondary N) is 2. The normalized spacial score (nSPS) is 10.9. The molecule has 0 saturated heterocycles. The molecular formula is C19H13F3N4O2. The molecule has 28 heavy (non-hydrogen) atoms. The fourth-order valence-electron chi connectivity index (χ4n) is 2.37. The summed E-state index contributed by atoms with van der Waals surface area (Å²) in [5.74, 6) is -0.728. The molecule has 0 spiro atoms. The summed E-state index contributed by atoms with van der Waals surface area (Å²) in [7, 11) is 0. The van der Waals surface area contributed by atoms with Crippen molar-refractivity contribution in [2.45, 2.75) is 6.18 Å². The van der Waals surface area contributed by atoms with Crippen LogP contribution in [0.4, 0.5) is 18.9 Å². The number of aromatic nitrogens is 2. The molecular weight excluding hydrogens is 373 g/mol. The Hall–Kier alpha value is -3.80. The zero-order valence-electron chi connectivity index (χ0n) is 14.2. The van der Waals surface area contributed by atoms with Gasteiger partial charge in [0.25, 0.3) is 5.91 Å². The highest BCUT2D eigenvalue weighted by molar-refractivity contribution is 6.03. The number of alkyl halides is 3. The van der Waals surface area contributed by atoms with E-state index in [0.717, 1.165) is 5.56 Å². The van der Waals surface area contributed by atoms with E-state index in [2.05, 4.69) is 20.3 Å². The Labute approximate surface area is 157 Å². The Morgan fingerprint density at radius 2 is 1.93 bits per heavy atom. The van der Waals surface area contributed by atoms with E-state index in [9.17, 15) is 18.0 Å². The predicted octanol–water partition coefficient (Wildman–Crippen LogP) is 4.14. The van der Waals surface area contributed by atoms with E-state index in [1.165, 1.54) is 18.2 Å². The minimum absolute atomic E-state index is 0.128. The molecule has 0 atom stereocenters.